The number of carbonyl (C=O) groups excluding carboxylic acids is 1. The molecule has 6 heteroatoms. The Morgan fingerprint density at radius 3 is 2.45 bits per heavy atom. The summed E-state index contributed by atoms with van der Waals surface area (Å²) in [5, 5.41) is 6.27. The van der Waals surface area contributed by atoms with Crippen LogP contribution in [0.4, 0.5) is 4.39 Å². The van der Waals surface area contributed by atoms with Gasteiger partial charge in [-0.1, -0.05) is 26.0 Å². The van der Waals surface area contributed by atoms with E-state index in [4.69, 9.17) is 4.74 Å². The molecule has 1 unspecified atom stereocenters. The van der Waals surface area contributed by atoms with Crippen molar-refractivity contribution in [3.63, 3.8) is 0 Å². The third-order valence-electron chi connectivity index (χ3n) is 3.52. The zero-order valence-corrected chi connectivity index (χ0v) is 13.1. The van der Waals surface area contributed by atoms with Gasteiger partial charge in [-0.2, -0.15) is 0 Å². The Bertz CT molecular complexity index is 621. The maximum Gasteiger partial charge on any atom is 0.337 e. The van der Waals surface area contributed by atoms with Crippen molar-refractivity contribution in [3.8, 4) is 0 Å². The highest BCUT2D eigenvalue weighted by Crippen LogP contribution is 2.30. The second kappa shape index (κ2) is 6.60. The molecule has 118 valence electrons. The van der Waals surface area contributed by atoms with E-state index in [9.17, 15) is 9.18 Å². The number of aliphatic imine (C=N–C) groups is 1. The van der Waals surface area contributed by atoms with Gasteiger partial charge in [0, 0.05) is 12.7 Å². The Labute approximate surface area is 129 Å². The maximum absolute atomic E-state index is 13.2. The van der Waals surface area contributed by atoms with Crippen LogP contribution in [0.1, 0.15) is 25.5 Å². The van der Waals surface area contributed by atoms with Crippen LogP contribution >= 0.6 is 0 Å². The number of nitrogens with zero attached hydrogens (tertiary/aromatic N) is 1. The van der Waals surface area contributed by atoms with E-state index in [-0.39, 0.29) is 11.7 Å². The zero-order valence-electron chi connectivity index (χ0n) is 13.1. The Balaban J connectivity index is 2.58. The van der Waals surface area contributed by atoms with Gasteiger partial charge in [0.05, 0.1) is 18.7 Å². The summed E-state index contributed by atoms with van der Waals surface area (Å²) < 4.78 is 18.1. The van der Waals surface area contributed by atoms with Gasteiger partial charge in [0.2, 0.25) is 0 Å². The first kappa shape index (κ1) is 16.0. The fourth-order valence-electron chi connectivity index (χ4n) is 2.41. The molecule has 0 amide bonds. The van der Waals surface area contributed by atoms with Crippen LogP contribution in [0.2, 0.25) is 0 Å². The van der Waals surface area contributed by atoms with Crippen LogP contribution in [0.25, 0.3) is 0 Å². The van der Waals surface area contributed by atoms with Crippen molar-refractivity contribution in [2.75, 3.05) is 14.2 Å². The lowest BCUT2D eigenvalue weighted by Gasteiger charge is -2.32. The van der Waals surface area contributed by atoms with Crippen molar-refractivity contribution in [3.05, 3.63) is 46.9 Å². The molecule has 1 aromatic carbocycles. The highest BCUT2D eigenvalue weighted by atomic mass is 19.1. The lowest BCUT2D eigenvalue weighted by atomic mass is 9.91. The number of guanidine groups is 1. The number of halogens is 1. The molecule has 1 aliphatic heterocycles. The number of ether oxygens (including phenoxy) is 1. The molecule has 1 heterocycles. The topological polar surface area (TPSA) is 62.7 Å². The number of hydrogen-bond acceptors (Lipinski definition) is 3. The van der Waals surface area contributed by atoms with Crippen molar-refractivity contribution in [2.24, 2.45) is 10.9 Å². The number of methoxy groups -OCH3 is 1. The smallest absolute Gasteiger partial charge is 0.337 e. The normalized spacial score (nSPS) is 19.9. The van der Waals surface area contributed by atoms with E-state index >= 15 is 0 Å². The van der Waals surface area contributed by atoms with E-state index in [1.54, 1.807) is 19.2 Å². The standard InChI is InChI=1S/C16H20FN3O2/c1-9(2)13-12(15(21)22-4)14(20-16(18-3)19-13)10-5-7-11(17)8-6-10/h5-9,14H,1-4H3,(H2,18,19,20). The summed E-state index contributed by atoms with van der Waals surface area (Å²) in [5.74, 6) is -0.107. The van der Waals surface area contributed by atoms with Crippen LogP contribution in [-0.4, -0.2) is 26.1 Å². The van der Waals surface area contributed by atoms with Crippen LogP contribution in [0.3, 0.4) is 0 Å². The number of rotatable bonds is 3. The van der Waals surface area contributed by atoms with E-state index in [0.717, 1.165) is 11.3 Å². The molecule has 0 saturated heterocycles. The second-order valence-corrected chi connectivity index (χ2v) is 5.30. The monoisotopic (exact) mass is 305 g/mol. The van der Waals surface area contributed by atoms with Gasteiger partial charge < -0.3 is 15.4 Å². The second-order valence-electron chi connectivity index (χ2n) is 5.30. The quantitative estimate of drug-likeness (QED) is 0.840. The van der Waals surface area contributed by atoms with Gasteiger partial charge in [0.25, 0.3) is 0 Å². The first-order valence-corrected chi connectivity index (χ1v) is 7.06. The van der Waals surface area contributed by atoms with Crippen LogP contribution in [-0.2, 0) is 9.53 Å². The average Bonchev–Trinajstić information content (AvgIpc) is 2.53. The van der Waals surface area contributed by atoms with Gasteiger partial charge in [-0.25, -0.2) is 9.18 Å². The van der Waals surface area contributed by atoms with Crippen LogP contribution in [0.15, 0.2) is 40.5 Å². The molecule has 2 rings (SSSR count). The molecule has 0 radical (unpaired) electrons. The van der Waals surface area contributed by atoms with E-state index < -0.39 is 12.0 Å². The van der Waals surface area contributed by atoms with Crippen molar-refractivity contribution in [2.45, 2.75) is 19.9 Å². The van der Waals surface area contributed by atoms with Crippen LogP contribution in [0, 0.1) is 11.7 Å². The molecule has 1 atom stereocenters. The minimum atomic E-state index is -0.439. The number of nitrogens with one attached hydrogen (secondary N) is 2. The summed E-state index contributed by atoms with van der Waals surface area (Å²) in [4.78, 5) is 16.4. The fourth-order valence-corrected chi connectivity index (χ4v) is 2.41. The predicted molar refractivity (Wildman–Crippen MR) is 82.7 cm³/mol. The van der Waals surface area contributed by atoms with Crippen LogP contribution < -0.4 is 10.6 Å². The molecule has 5 nitrogen and oxygen atoms in total. The van der Waals surface area contributed by atoms with Gasteiger partial charge in [0.1, 0.15) is 5.82 Å². The van der Waals surface area contributed by atoms with E-state index in [1.807, 2.05) is 13.8 Å². The molecule has 2 N–H and O–H groups in total. The van der Waals surface area contributed by atoms with Gasteiger partial charge in [-0.15, -0.1) is 0 Å². The van der Waals surface area contributed by atoms with Gasteiger partial charge in [0.15, 0.2) is 5.96 Å². The number of esters is 1. The number of benzene rings is 1. The Hall–Kier alpha value is -2.37. The lowest BCUT2D eigenvalue weighted by Crippen LogP contribution is -2.48. The Morgan fingerprint density at radius 1 is 1.32 bits per heavy atom. The van der Waals surface area contributed by atoms with Crippen molar-refractivity contribution >= 4 is 11.9 Å². The fraction of sp³-hybridized carbons (Fsp3) is 0.375. The van der Waals surface area contributed by atoms with E-state index in [1.165, 1.54) is 19.2 Å². The molecule has 0 aliphatic carbocycles. The lowest BCUT2D eigenvalue weighted by molar-refractivity contribution is -0.136. The highest BCUT2D eigenvalue weighted by molar-refractivity contribution is 5.96. The molecule has 0 bridgehead atoms. The summed E-state index contributed by atoms with van der Waals surface area (Å²) in [6.45, 7) is 3.96. The third-order valence-corrected chi connectivity index (χ3v) is 3.52. The third kappa shape index (κ3) is 3.10. The van der Waals surface area contributed by atoms with Crippen molar-refractivity contribution < 1.29 is 13.9 Å². The molecule has 0 aromatic heterocycles. The number of hydrogen-bond donors (Lipinski definition) is 2. The van der Waals surface area contributed by atoms with Gasteiger partial charge in [-0.3, -0.25) is 4.99 Å². The molecular weight excluding hydrogens is 285 g/mol. The molecule has 0 fully saturated rings. The first-order valence-electron chi connectivity index (χ1n) is 7.06. The molecule has 22 heavy (non-hydrogen) atoms. The SMILES string of the molecule is CN=C1NC(C(C)C)=C(C(=O)OC)C(c2ccc(F)cc2)N1. The zero-order chi connectivity index (χ0) is 16.3. The Morgan fingerprint density at radius 2 is 1.95 bits per heavy atom. The van der Waals surface area contributed by atoms with E-state index in [0.29, 0.717) is 11.5 Å². The summed E-state index contributed by atoms with van der Waals surface area (Å²) in [6, 6.07) is 5.58. The van der Waals surface area contributed by atoms with Crippen molar-refractivity contribution in [1.82, 2.24) is 10.6 Å². The maximum atomic E-state index is 13.2. The summed E-state index contributed by atoms with van der Waals surface area (Å²) in [7, 11) is 3.00. The number of allylic oxidation sites excluding steroid dienone is 1. The molecule has 0 saturated carbocycles. The van der Waals surface area contributed by atoms with E-state index in [2.05, 4.69) is 15.6 Å². The molecule has 1 aromatic rings. The van der Waals surface area contributed by atoms with Gasteiger partial charge >= 0.3 is 5.97 Å². The molecular formula is C16H20FN3O2. The predicted octanol–water partition coefficient (Wildman–Crippen LogP) is 2.13. The summed E-state index contributed by atoms with van der Waals surface area (Å²) >= 11 is 0. The Kier molecular flexibility index (Phi) is 4.80. The van der Waals surface area contributed by atoms with Crippen LogP contribution in [0.5, 0.6) is 0 Å². The highest BCUT2D eigenvalue weighted by Gasteiger charge is 2.33. The largest absolute Gasteiger partial charge is 0.466 e. The number of carbonyl (C=O) groups is 1. The average molecular weight is 305 g/mol. The minimum Gasteiger partial charge on any atom is -0.466 e. The molecule has 1 aliphatic rings. The summed E-state index contributed by atoms with van der Waals surface area (Å²) in [6.07, 6.45) is 0. The molecule has 0 spiro atoms. The summed E-state index contributed by atoms with van der Waals surface area (Å²) in [5.41, 5.74) is 2.00. The first-order chi connectivity index (χ1) is 10.5. The minimum absolute atomic E-state index is 0.0795. The van der Waals surface area contributed by atoms with Crippen molar-refractivity contribution in [1.29, 1.82) is 0 Å². The van der Waals surface area contributed by atoms with Gasteiger partial charge in [-0.05, 0) is 23.6 Å².